The van der Waals surface area contributed by atoms with Crippen molar-refractivity contribution < 1.29 is 19.4 Å². The first-order chi connectivity index (χ1) is 8.99. The zero-order chi connectivity index (χ0) is 14.4. The Morgan fingerprint density at radius 3 is 2.58 bits per heavy atom. The van der Waals surface area contributed by atoms with Crippen molar-refractivity contribution in [2.45, 2.75) is 19.9 Å². The number of aryl methyl sites for hydroxylation is 1. The molecule has 6 nitrogen and oxygen atoms in total. The second kappa shape index (κ2) is 6.75. The van der Waals surface area contributed by atoms with Gasteiger partial charge < -0.3 is 15.2 Å². The summed E-state index contributed by atoms with van der Waals surface area (Å²) in [4.78, 5) is 22.5. The smallest absolute Gasteiger partial charge is 0.330 e. The van der Waals surface area contributed by atoms with Crippen LogP contribution < -0.4 is 15.4 Å². The molecule has 1 atom stereocenters. The highest BCUT2D eigenvalue weighted by Crippen LogP contribution is 2.21. The minimum absolute atomic E-state index is 0.535. The van der Waals surface area contributed by atoms with Crippen LogP contribution in [-0.4, -0.2) is 36.7 Å². The van der Waals surface area contributed by atoms with Gasteiger partial charge in [0.25, 0.3) is 5.91 Å². The van der Waals surface area contributed by atoms with Crippen molar-refractivity contribution in [2.24, 2.45) is 0 Å². The Morgan fingerprint density at radius 2 is 2.11 bits per heavy atom. The van der Waals surface area contributed by atoms with Crippen LogP contribution in [0.25, 0.3) is 0 Å². The molecular weight excluding hydrogens is 248 g/mol. The van der Waals surface area contributed by atoms with Crippen molar-refractivity contribution in [3.63, 3.8) is 0 Å². The van der Waals surface area contributed by atoms with Crippen molar-refractivity contribution in [3.8, 4) is 5.75 Å². The predicted molar refractivity (Wildman–Crippen MR) is 71.5 cm³/mol. The van der Waals surface area contributed by atoms with Gasteiger partial charge in [-0.3, -0.25) is 10.1 Å². The number of hydrogen-bond donors (Lipinski definition) is 3. The number of rotatable bonds is 6. The van der Waals surface area contributed by atoms with Gasteiger partial charge in [0.2, 0.25) is 0 Å². The van der Waals surface area contributed by atoms with Crippen LogP contribution in [0.15, 0.2) is 18.2 Å². The lowest BCUT2D eigenvalue weighted by Crippen LogP contribution is -2.44. The average molecular weight is 266 g/mol. The third kappa shape index (κ3) is 3.96. The number of amides is 1. The average Bonchev–Trinajstić information content (AvgIpc) is 2.33. The van der Waals surface area contributed by atoms with E-state index >= 15 is 0 Å². The standard InChI is InChI=1S/C13H18N2O4/c1-4-19-10-6-5-9(7-8(10)2)15-12(16)11(14-3)13(17)18/h5-7,11,14H,4H2,1-3H3,(H,15,16)(H,17,18). The maximum absolute atomic E-state index is 11.7. The SMILES string of the molecule is CCOc1ccc(NC(=O)C(NC)C(=O)O)cc1C. The van der Waals surface area contributed by atoms with E-state index in [1.54, 1.807) is 18.2 Å². The third-order valence-corrected chi connectivity index (χ3v) is 2.54. The van der Waals surface area contributed by atoms with E-state index in [-0.39, 0.29) is 0 Å². The summed E-state index contributed by atoms with van der Waals surface area (Å²) in [6, 6.07) is 3.87. The lowest BCUT2D eigenvalue weighted by molar-refractivity contribution is -0.142. The quantitative estimate of drug-likeness (QED) is 0.669. The highest BCUT2D eigenvalue weighted by molar-refractivity contribution is 6.07. The summed E-state index contributed by atoms with van der Waals surface area (Å²) in [6.45, 7) is 4.31. The number of nitrogens with one attached hydrogen (secondary N) is 2. The van der Waals surface area contributed by atoms with Crippen LogP contribution in [0.5, 0.6) is 5.75 Å². The number of hydrogen-bond acceptors (Lipinski definition) is 4. The zero-order valence-corrected chi connectivity index (χ0v) is 11.2. The van der Waals surface area contributed by atoms with E-state index in [1.165, 1.54) is 7.05 Å². The lowest BCUT2D eigenvalue weighted by atomic mass is 10.2. The topological polar surface area (TPSA) is 87.7 Å². The number of anilines is 1. The summed E-state index contributed by atoms with van der Waals surface area (Å²) < 4.78 is 5.38. The van der Waals surface area contributed by atoms with E-state index in [9.17, 15) is 9.59 Å². The highest BCUT2D eigenvalue weighted by Gasteiger charge is 2.24. The molecule has 0 aliphatic rings. The normalized spacial score (nSPS) is 11.7. The maximum atomic E-state index is 11.7. The fourth-order valence-electron chi connectivity index (χ4n) is 1.63. The summed E-state index contributed by atoms with van der Waals surface area (Å²) in [5.74, 6) is -1.09. The highest BCUT2D eigenvalue weighted by atomic mass is 16.5. The van der Waals surface area contributed by atoms with Crippen LogP contribution in [0.2, 0.25) is 0 Å². The molecule has 0 saturated carbocycles. The molecule has 0 radical (unpaired) electrons. The second-order valence-corrected chi connectivity index (χ2v) is 3.96. The molecule has 1 aromatic rings. The van der Waals surface area contributed by atoms with Crippen molar-refractivity contribution in [3.05, 3.63) is 23.8 Å². The van der Waals surface area contributed by atoms with Crippen molar-refractivity contribution in [1.29, 1.82) is 0 Å². The fraction of sp³-hybridized carbons (Fsp3) is 0.385. The molecule has 0 aromatic heterocycles. The number of likely N-dealkylation sites (N-methyl/N-ethyl adjacent to an activating group) is 1. The van der Waals surface area contributed by atoms with Gasteiger partial charge in [0.05, 0.1) is 6.61 Å². The molecule has 1 unspecified atom stereocenters. The molecule has 0 aliphatic carbocycles. The molecule has 0 spiro atoms. The van der Waals surface area contributed by atoms with Gasteiger partial charge in [-0.15, -0.1) is 0 Å². The van der Waals surface area contributed by atoms with Crippen molar-refractivity contribution >= 4 is 17.6 Å². The summed E-state index contributed by atoms with van der Waals surface area (Å²) in [5, 5.41) is 13.8. The first-order valence-electron chi connectivity index (χ1n) is 5.94. The zero-order valence-electron chi connectivity index (χ0n) is 11.2. The van der Waals surface area contributed by atoms with E-state index in [1.807, 2.05) is 13.8 Å². The summed E-state index contributed by atoms with van der Waals surface area (Å²) in [6.07, 6.45) is 0. The number of carbonyl (C=O) groups is 2. The molecule has 1 amide bonds. The van der Waals surface area contributed by atoms with Gasteiger partial charge >= 0.3 is 5.97 Å². The molecule has 1 aromatic carbocycles. The summed E-state index contributed by atoms with van der Waals surface area (Å²) in [5.41, 5.74) is 1.41. The molecule has 3 N–H and O–H groups in total. The number of carbonyl (C=O) groups excluding carboxylic acids is 1. The van der Waals surface area contributed by atoms with Crippen LogP contribution in [0.1, 0.15) is 12.5 Å². The van der Waals surface area contributed by atoms with E-state index < -0.39 is 17.9 Å². The minimum Gasteiger partial charge on any atom is -0.494 e. The Labute approximate surface area is 111 Å². The largest absolute Gasteiger partial charge is 0.494 e. The van der Waals surface area contributed by atoms with Gasteiger partial charge in [0.15, 0.2) is 6.04 Å². The fourth-order valence-corrected chi connectivity index (χ4v) is 1.63. The van der Waals surface area contributed by atoms with Crippen molar-refractivity contribution in [1.82, 2.24) is 5.32 Å². The van der Waals surface area contributed by atoms with E-state index in [0.29, 0.717) is 12.3 Å². The van der Waals surface area contributed by atoms with E-state index in [2.05, 4.69) is 10.6 Å². The van der Waals surface area contributed by atoms with Gasteiger partial charge in [-0.1, -0.05) is 0 Å². The monoisotopic (exact) mass is 266 g/mol. The Morgan fingerprint density at radius 1 is 1.42 bits per heavy atom. The van der Waals surface area contributed by atoms with Gasteiger partial charge in [-0.2, -0.15) is 0 Å². The summed E-state index contributed by atoms with van der Waals surface area (Å²) >= 11 is 0. The predicted octanol–water partition coefficient (Wildman–Crippen LogP) is 1.00. The molecule has 19 heavy (non-hydrogen) atoms. The molecule has 0 aliphatic heterocycles. The van der Waals surface area contributed by atoms with Gasteiger partial charge in [0, 0.05) is 5.69 Å². The van der Waals surface area contributed by atoms with Crippen LogP contribution >= 0.6 is 0 Å². The minimum atomic E-state index is -1.27. The molecular formula is C13H18N2O4. The number of carboxylic acid groups (broad SMARTS) is 1. The second-order valence-electron chi connectivity index (χ2n) is 3.96. The summed E-state index contributed by atoms with van der Waals surface area (Å²) in [7, 11) is 1.42. The Kier molecular flexibility index (Phi) is 5.32. The lowest BCUT2D eigenvalue weighted by Gasteiger charge is -2.13. The van der Waals surface area contributed by atoms with Crippen LogP contribution in [0.4, 0.5) is 5.69 Å². The molecule has 6 heteroatoms. The van der Waals surface area contributed by atoms with E-state index in [0.717, 1.165) is 11.3 Å². The van der Waals surface area contributed by atoms with Gasteiger partial charge in [-0.25, -0.2) is 4.79 Å². The first-order valence-corrected chi connectivity index (χ1v) is 5.94. The van der Waals surface area contributed by atoms with Crippen LogP contribution in [0, 0.1) is 6.92 Å². The molecule has 104 valence electrons. The molecule has 0 heterocycles. The number of ether oxygens (including phenoxy) is 1. The Hall–Kier alpha value is -2.08. The number of carboxylic acids is 1. The molecule has 0 bridgehead atoms. The molecule has 0 saturated heterocycles. The van der Waals surface area contributed by atoms with E-state index in [4.69, 9.17) is 9.84 Å². The molecule has 1 rings (SSSR count). The number of benzene rings is 1. The van der Waals surface area contributed by atoms with Crippen molar-refractivity contribution in [2.75, 3.05) is 19.0 Å². The first kappa shape index (κ1) is 15.0. The Balaban J connectivity index is 2.80. The molecule has 0 fully saturated rings. The van der Waals surface area contributed by atoms with Gasteiger partial charge in [-0.05, 0) is 44.7 Å². The van der Waals surface area contributed by atoms with Gasteiger partial charge in [0.1, 0.15) is 5.75 Å². The number of aliphatic carboxylic acids is 1. The van der Waals surface area contributed by atoms with Crippen LogP contribution in [-0.2, 0) is 9.59 Å². The van der Waals surface area contributed by atoms with Crippen LogP contribution in [0.3, 0.4) is 0 Å². The Bertz CT molecular complexity index is 474. The third-order valence-electron chi connectivity index (χ3n) is 2.54. The maximum Gasteiger partial charge on any atom is 0.330 e.